The standard InChI is InChI=1S/C17H20N4O2/c18-11-12-8-13-10-15-17(22)19-2-1-3-21(15)16(13)14(9-12)20-4-6-23-7-5-20/h8-10,17,19,22H,1-7H2. The number of nitriles is 1. The van der Waals surface area contributed by atoms with Gasteiger partial charge in [0.25, 0.3) is 0 Å². The molecular weight excluding hydrogens is 292 g/mol. The molecule has 0 saturated carbocycles. The molecule has 1 fully saturated rings. The molecule has 0 bridgehead atoms. The summed E-state index contributed by atoms with van der Waals surface area (Å²) in [6.45, 7) is 4.72. The largest absolute Gasteiger partial charge is 0.378 e. The highest BCUT2D eigenvalue weighted by atomic mass is 16.5. The lowest BCUT2D eigenvalue weighted by Crippen LogP contribution is -2.36. The molecule has 4 rings (SSSR count). The highest BCUT2D eigenvalue weighted by Crippen LogP contribution is 2.34. The van der Waals surface area contributed by atoms with Crippen LogP contribution in [-0.2, 0) is 11.3 Å². The Bertz CT molecular complexity index is 771. The van der Waals surface area contributed by atoms with Crippen LogP contribution in [0.15, 0.2) is 18.2 Å². The number of ether oxygens (including phenoxy) is 1. The maximum Gasteiger partial charge on any atom is 0.146 e. The van der Waals surface area contributed by atoms with Crippen LogP contribution in [0.1, 0.15) is 23.9 Å². The summed E-state index contributed by atoms with van der Waals surface area (Å²) in [6, 6.07) is 8.13. The van der Waals surface area contributed by atoms with Crippen molar-refractivity contribution in [3.8, 4) is 6.07 Å². The first-order valence-electron chi connectivity index (χ1n) is 8.09. The molecule has 0 aliphatic carbocycles. The highest BCUT2D eigenvalue weighted by Gasteiger charge is 2.23. The molecule has 120 valence electrons. The maximum atomic E-state index is 10.3. The number of hydrogen-bond acceptors (Lipinski definition) is 5. The van der Waals surface area contributed by atoms with Crippen molar-refractivity contribution in [1.29, 1.82) is 5.26 Å². The number of aryl methyl sites for hydroxylation is 1. The number of rotatable bonds is 1. The summed E-state index contributed by atoms with van der Waals surface area (Å²) in [5, 5.41) is 23.8. The smallest absolute Gasteiger partial charge is 0.146 e. The van der Waals surface area contributed by atoms with Gasteiger partial charge in [0, 0.05) is 25.0 Å². The molecule has 2 N–H and O–H groups in total. The number of anilines is 1. The molecule has 0 amide bonds. The molecule has 1 saturated heterocycles. The first-order valence-corrected chi connectivity index (χ1v) is 8.09. The molecule has 1 atom stereocenters. The lowest BCUT2D eigenvalue weighted by molar-refractivity contribution is 0.123. The van der Waals surface area contributed by atoms with E-state index in [2.05, 4.69) is 20.9 Å². The Morgan fingerprint density at radius 3 is 2.83 bits per heavy atom. The van der Waals surface area contributed by atoms with Crippen LogP contribution in [0.5, 0.6) is 0 Å². The summed E-state index contributed by atoms with van der Waals surface area (Å²) >= 11 is 0. The maximum absolute atomic E-state index is 10.3. The van der Waals surface area contributed by atoms with Crippen molar-refractivity contribution in [1.82, 2.24) is 9.88 Å². The summed E-state index contributed by atoms with van der Waals surface area (Å²) in [6.07, 6.45) is 0.309. The minimum Gasteiger partial charge on any atom is -0.378 e. The van der Waals surface area contributed by atoms with Gasteiger partial charge in [0.2, 0.25) is 0 Å². The minimum atomic E-state index is -0.659. The van der Waals surface area contributed by atoms with Crippen molar-refractivity contribution in [3.05, 3.63) is 29.5 Å². The average molecular weight is 312 g/mol. The van der Waals surface area contributed by atoms with Crippen LogP contribution in [-0.4, -0.2) is 42.5 Å². The predicted octanol–water partition coefficient (Wildman–Crippen LogP) is 1.33. The van der Waals surface area contributed by atoms with Crippen LogP contribution in [0, 0.1) is 11.3 Å². The van der Waals surface area contributed by atoms with Gasteiger partial charge in [-0.05, 0) is 31.2 Å². The highest BCUT2D eigenvalue weighted by molar-refractivity contribution is 5.94. The van der Waals surface area contributed by atoms with Crippen LogP contribution < -0.4 is 10.2 Å². The van der Waals surface area contributed by atoms with Crippen LogP contribution in [0.4, 0.5) is 5.69 Å². The molecule has 2 aliphatic heterocycles. The monoisotopic (exact) mass is 312 g/mol. The normalized spacial score (nSPS) is 21.7. The van der Waals surface area contributed by atoms with Gasteiger partial charge in [-0.3, -0.25) is 5.32 Å². The van der Waals surface area contributed by atoms with Gasteiger partial charge in [0.05, 0.1) is 41.7 Å². The second-order valence-corrected chi connectivity index (χ2v) is 6.08. The van der Waals surface area contributed by atoms with Gasteiger partial charge in [0.15, 0.2) is 0 Å². The van der Waals surface area contributed by atoms with E-state index < -0.39 is 6.23 Å². The fourth-order valence-corrected chi connectivity index (χ4v) is 3.57. The molecule has 1 aromatic heterocycles. The van der Waals surface area contributed by atoms with Crippen molar-refractivity contribution in [2.75, 3.05) is 37.7 Å². The third-order valence-electron chi connectivity index (χ3n) is 4.66. The Kier molecular flexibility index (Phi) is 3.69. The first-order chi connectivity index (χ1) is 11.3. The van der Waals surface area contributed by atoms with Crippen molar-refractivity contribution in [2.24, 2.45) is 0 Å². The van der Waals surface area contributed by atoms with E-state index in [1.807, 2.05) is 18.2 Å². The van der Waals surface area contributed by atoms with Gasteiger partial charge < -0.3 is 19.3 Å². The second kappa shape index (κ2) is 5.85. The Labute approximate surface area is 134 Å². The molecule has 0 spiro atoms. The molecule has 2 aromatic rings. The quantitative estimate of drug-likeness (QED) is 0.831. The molecule has 6 heteroatoms. The predicted molar refractivity (Wildman–Crippen MR) is 87.3 cm³/mol. The van der Waals surface area contributed by atoms with Crippen LogP contribution >= 0.6 is 0 Å². The minimum absolute atomic E-state index is 0.655. The van der Waals surface area contributed by atoms with Gasteiger partial charge >= 0.3 is 0 Å². The van der Waals surface area contributed by atoms with E-state index in [1.54, 1.807) is 0 Å². The van der Waals surface area contributed by atoms with E-state index >= 15 is 0 Å². The Balaban J connectivity index is 1.94. The lowest BCUT2D eigenvalue weighted by atomic mass is 10.1. The molecule has 6 nitrogen and oxygen atoms in total. The van der Waals surface area contributed by atoms with Gasteiger partial charge in [-0.2, -0.15) is 5.26 Å². The van der Waals surface area contributed by atoms with E-state index in [9.17, 15) is 10.4 Å². The molecule has 1 aromatic carbocycles. The van der Waals surface area contributed by atoms with E-state index in [-0.39, 0.29) is 0 Å². The van der Waals surface area contributed by atoms with Gasteiger partial charge in [-0.15, -0.1) is 0 Å². The van der Waals surface area contributed by atoms with E-state index in [0.29, 0.717) is 18.8 Å². The van der Waals surface area contributed by atoms with Gasteiger partial charge in [-0.1, -0.05) is 0 Å². The molecule has 0 radical (unpaired) electrons. The number of nitrogens with zero attached hydrogens (tertiary/aromatic N) is 3. The number of fused-ring (bicyclic) bond motifs is 3. The fraction of sp³-hybridized carbons (Fsp3) is 0.471. The number of benzene rings is 1. The van der Waals surface area contributed by atoms with E-state index in [4.69, 9.17) is 4.74 Å². The first kappa shape index (κ1) is 14.5. The molecule has 3 heterocycles. The summed E-state index contributed by atoms with van der Waals surface area (Å²) in [5.74, 6) is 0. The zero-order valence-electron chi connectivity index (χ0n) is 13.0. The van der Waals surface area contributed by atoms with Crippen molar-refractivity contribution >= 4 is 16.6 Å². The summed E-state index contributed by atoms with van der Waals surface area (Å²) in [4.78, 5) is 2.28. The van der Waals surface area contributed by atoms with Crippen molar-refractivity contribution < 1.29 is 9.84 Å². The van der Waals surface area contributed by atoms with Crippen LogP contribution in [0.3, 0.4) is 0 Å². The number of aliphatic hydroxyl groups excluding tert-OH is 1. The number of nitrogens with one attached hydrogen (secondary N) is 1. The summed E-state index contributed by atoms with van der Waals surface area (Å²) in [7, 11) is 0. The topological polar surface area (TPSA) is 73.5 Å². The van der Waals surface area contributed by atoms with E-state index in [1.165, 1.54) is 0 Å². The number of aliphatic hydroxyl groups is 1. The number of morpholine rings is 1. The second-order valence-electron chi connectivity index (χ2n) is 6.08. The molecule has 23 heavy (non-hydrogen) atoms. The third kappa shape index (κ3) is 2.47. The van der Waals surface area contributed by atoms with Crippen LogP contribution in [0.2, 0.25) is 0 Å². The van der Waals surface area contributed by atoms with Crippen molar-refractivity contribution in [3.63, 3.8) is 0 Å². The molecule has 1 unspecified atom stereocenters. The van der Waals surface area contributed by atoms with Gasteiger partial charge in [-0.25, -0.2) is 0 Å². The SMILES string of the molecule is N#Cc1cc(N2CCOCC2)c2c(c1)cc1n2CCCNC1O. The zero-order valence-corrected chi connectivity index (χ0v) is 13.0. The number of hydrogen-bond donors (Lipinski definition) is 2. The lowest BCUT2D eigenvalue weighted by Gasteiger charge is -2.30. The zero-order chi connectivity index (χ0) is 15.8. The summed E-state index contributed by atoms with van der Waals surface area (Å²) < 4.78 is 7.66. The molecule has 2 aliphatic rings. The molecular formula is C17H20N4O2. The Morgan fingerprint density at radius 2 is 2.04 bits per heavy atom. The fourth-order valence-electron chi connectivity index (χ4n) is 3.57. The van der Waals surface area contributed by atoms with Crippen molar-refractivity contribution in [2.45, 2.75) is 19.2 Å². The average Bonchev–Trinajstić information content (AvgIpc) is 2.87. The Hall–Kier alpha value is -2.07. The van der Waals surface area contributed by atoms with Crippen LogP contribution in [0.25, 0.3) is 10.9 Å². The van der Waals surface area contributed by atoms with E-state index in [0.717, 1.165) is 54.9 Å². The number of aromatic nitrogens is 1. The summed E-state index contributed by atoms with van der Waals surface area (Å²) in [5.41, 5.74) is 3.72. The van der Waals surface area contributed by atoms with Gasteiger partial charge in [0.1, 0.15) is 6.23 Å². The Morgan fingerprint density at radius 1 is 1.22 bits per heavy atom. The third-order valence-corrected chi connectivity index (χ3v) is 4.66.